The number of benzene rings is 3. The molecule has 1 aliphatic heterocycles. The Kier molecular flexibility index (Phi) is 8.86. The van der Waals surface area contributed by atoms with Gasteiger partial charge in [-0.3, -0.25) is 20.0 Å². The fraction of sp³-hybridized carbons (Fsp3) is 0.290. The van der Waals surface area contributed by atoms with E-state index in [0.29, 0.717) is 52.6 Å². The number of hydrogen-bond donors (Lipinski definition) is 3. The van der Waals surface area contributed by atoms with Gasteiger partial charge in [0.2, 0.25) is 18.8 Å². The number of H-pyrrole nitrogens is 1. The Bertz CT molecular complexity index is 1790. The molecule has 0 saturated heterocycles. The molecular formula is C31H33N5O7S. The zero-order valence-electron chi connectivity index (χ0n) is 24.7. The van der Waals surface area contributed by atoms with Gasteiger partial charge in [-0.05, 0) is 72.9 Å². The van der Waals surface area contributed by atoms with Gasteiger partial charge >= 0.3 is 0 Å². The van der Waals surface area contributed by atoms with Crippen LogP contribution >= 0.6 is 0 Å². The minimum absolute atomic E-state index is 0.0226. The highest BCUT2D eigenvalue weighted by Crippen LogP contribution is 2.36. The van der Waals surface area contributed by atoms with Crippen molar-refractivity contribution in [3.8, 4) is 17.2 Å². The molecule has 230 valence electrons. The van der Waals surface area contributed by atoms with Crippen molar-refractivity contribution < 1.29 is 32.2 Å². The third-order valence-electron chi connectivity index (χ3n) is 6.94. The Hall–Kier alpha value is -4.91. The highest BCUT2D eigenvalue weighted by Gasteiger charge is 2.30. The van der Waals surface area contributed by atoms with Gasteiger partial charge in [-0.1, -0.05) is 45.4 Å². The molecule has 0 bridgehead atoms. The summed E-state index contributed by atoms with van der Waals surface area (Å²) >= 11 is 0. The number of anilines is 1. The van der Waals surface area contributed by atoms with Crippen LogP contribution in [0.15, 0.2) is 65.6 Å². The Morgan fingerprint density at radius 3 is 2.41 bits per heavy atom. The van der Waals surface area contributed by atoms with E-state index in [1.165, 1.54) is 12.1 Å². The van der Waals surface area contributed by atoms with E-state index in [1.54, 1.807) is 55.5 Å². The standard InChI is InChI=1S/C31H33N5O7S/c1-5-6-21-15-23(29(37)33-31-32-19(4)34-35-31)10-13-25(21)43-28(22-9-14-26-27(16-22)42-17-41-26)30(38)36-44(39,40)24-11-7-20(8-12-24)18(2)3/h7-16,18,28H,5-6,17H2,1-4H3,(H,36,38)(H2,32,33,34,35,37). The number of nitrogens with zero attached hydrogens (tertiary/aromatic N) is 2. The maximum Gasteiger partial charge on any atom is 0.279 e. The lowest BCUT2D eigenvalue weighted by molar-refractivity contribution is -0.126. The summed E-state index contributed by atoms with van der Waals surface area (Å²) < 4.78 is 45.8. The smallest absolute Gasteiger partial charge is 0.279 e. The summed E-state index contributed by atoms with van der Waals surface area (Å²) in [6.07, 6.45) is -0.157. The number of hydrogen-bond acceptors (Lipinski definition) is 9. The number of ether oxygens (including phenoxy) is 3. The van der Waals surface area contributed by atoms with E-state index >= 15 is 0 Å². The van der Waals surface area contributed by atoms with Crippen LogP contribution in [0.5, 0.6) is 17.2 Å². The van der Waals surface area contributed by atoms with Crippen LogP contribution in [0.4, 0.5) is 5.95 Å². The average Bonchev–Trinajstić information content (AvgIpc) is 3.64. The molecule has 3 N–H and O–H groups in total. The third-order valence-corrected chi connectivity index (χ3v) is 8.30. The lowest BCUT2D eigenvalue weighted by Crippen LogP contribution is -2.37. The molecule has 0 aliphatic carbocycles. The number of carbonyl (C=O) groups is 2. The number of aromatic nitrogens is 3. The zero-order valence-corrected chi connectivity index (χ0v) is 25.5. The average molecular weight is 620 g/mol. The molecule has 13 heteroatoms. The lowest BCUT2D eigenvalue weighted by Gasteiger charge is -2.22. The van der Waals surface area contributed by atoms with Crippen molar-refractivity contribution in [2.75, 3.05) is 12.1 Å². The number of aromatic amines is 1. The van der Waals surface area contributed by atoms with Crippen molar-refractivity contribution >= 4 is 27.8 Å². The Balaban J connectivity index is 1.45. The van der Waals surface area contributed by atoms with E-state index in [4.69, 9.17) is 14.2 Å². The fourth-order valence-corrected chi connectivity index (χ4v) is 5.61. The molecule has 4 aromatic rings. The van der Waals surface area contributed by atoms with E-state index in [2.05, 4.69) is 25.2 Å². The van der Waals surface area contributed by atoms with Crippen LogP contribution in [0.25, 0.3) is 0 Å². The van der Waals surface area contributed by atoms with Gasteiger partial charge in [-0.15, -0.1) is 5.10 Å². The van der Waals surface area contributed by atoms with E-state index < -0.39 is 27.9 Å². The summed E-state index contributed by atoms with van der Waals surface area (Å²) in [6.45, 7) is 7.71. The summed E-state index contributed by atoms with van der Waals surface area (Å²) in [5.41, 5.74) is 2.30. The molecule has 3 aromatic carbocycles. The molecule has 1 atom stereocenters. The van der Waals surface area contributed by atoms with Crippen LogP contribution in [0.2, 0.25) is 0 Å². The molecular weight excluding hydrogens is 586 g/mol. The van der Waals surface area contributed by atoms with Crippen molar-refractivity contribution in [2.45, 2.75) is 57.5 Å². The quantitative estimate of drug-likeness (QED) is 0.214. The zero-order chi connectivity index (χ0) is 31.4. The SMILES string of the molecule is CCCc1cc(C(=O)Nc2n[nH]c(C)n2)ccc1OC(C(=O)NS(=O)(=O)c1ccc(C(C)C)cc1)c1ccc2c(c1)OCO2. The van der Waals surface area contributed by atoms with Gasteiger partial charge in [0.15, 0.2) is 11.5 Å². The minimum Gasteiger partial charge on any atom is -0.475 e. The molecule has 1 unspecified atom stereocenters. The summed E-state index contributed by atoms with van der Waals surface area (Å²) in [6, 6.07) is 16.0. The number of rotatable bonds is 11. The number of nitrogens with one attached hydrogen (secondary N) is 3. The molecule has 2 amide bonds. The molecule has 0 fully saturated rings. The summed E-state index contributed by atoms with van der Waals surface area (Å²) in [4.78, 5) is 30.6. The first-order valence-corrected chi connectivity index (χ1v) is 15.6. The highest BCUT2D eigenvalue weighted by molar-refractivity contribution is 7.90. The lowest BCUT2D eigenvalue weighted by atomic mass is 10.0. The number of sulfonamides is 1. The molecule has 1 aliphatic rings. The van der Waals surface area contributed by atoms with Crippen molar-refractivity contribution in [3.05, 3.63) is 88.7 Å². The van der Waals surface area contributed by atoms with E-state index in [1.807, 2.05) is 20.8 Å². The molecule has 44 heavy (non-hydrogen) atoms. The van der Waals surface area contributed by atoms with Crippen LogP contribution in [0, 0.1) is 6.92 Å². The molecule has 1 aromatic heterocycles. The summed E-state index contributed by atoms with van der Waals surface area (Å²) in [7, 11) is -4.23. The molecule has 0 saturated carbocycles. The number of aryl methyl sites for hydroxylation is 2. The van der Waals surface area contributed by atoms with Crippen LogP contribution in [0.3, 0.4) is 0 Å². The second kappa shape index (κ2) is 12.8. The van der Waals surface area contributed by atoms with E-state index in [-0.39, 0.29) is 23.6 Å². The predicted octanol–water partition coefficient (Wildman–Crippen LogP) is 4.80. The minimum atomic E-state index is -4.23. The first-order chi connectivity index (χ1) is 21.0. The fourth-order valence-electron chi connectivity index (χ4n) is 4.63. The first kappa shape index (κ1) is 30.5. The Morgan fingerprint density at radius 1 is 1.00 bits per heavy atom. The van der Waals surface area contributed by atoms with Gasteiger partial charge in [0.05, 0.1) is 4.90 Å². The van der Waals surface area contributed by atoms with Crippen molar-refractivity contribution in [2.24, 2.45) is 0 Å². The number of carbonyl (C=O) groups excluding carboxylic acids is 2. The Labute approximate surface area is 255 Å². The van der Waals surface area contributed by atoms with Gasteiger partial charge in [-0.2, -0.15) is 4.98 Å². The van der Waals surface area contributed by atoms with Gasteiger partial charge in [0.1, 0.15) is 11.6 Å². The molecule has 12 nitrogen and oxygen atoms in total. The maximum atomic E-state index is 13.7. The van der Waals surface area contributed by atoms with Gasteiger partial charge in [-0.25, -0.2) is 13.1 Å². The largest absolute Gasteiger partial charge is 0.475 e. The van der Waals surface area contributed by atoms with Gasteiger partial charge in [0, 0.05) is 11.1 Å². The van der Waals surface area contributed by atoms with Crippen LogP contribution in [0.1, 0.15) is 72.1 Å². The maximum absolute atomic E-state index is 13.7. The van der Waals surface area contributed by atoms with Crippen LogP contribution < -0.4 is 24.2 Å². The summed E-state index contributed by atoms with van der Waals surface area (Å²) in [5.74, 6) is 0.796. The molecule has 5 rings (SSSR count). The second-order valence-electron chi connectivity index (χ2n) is 10.6. The number of fused-ring (bicyclic) bond motifs is 1. The third kappa shape index (κ3) is 6.83. The normalized spacial score (nSPS) is 13.0. The predicted molar refractivity (Wildman–Crippen MR) is 161 cm³/mol. The van der Waals surface area contributed by atoms with Gasteiger partial charge in [0.25, 0.3) is 21.8 Å². The molecule has 0 spiro atoms. The van der Waals surface area contributed by atoms with E-state index in [0.717, 1.165) is 5.56 Å². The Morgan fingerprint density at radius 2 is 1.73 bits per heavy atom. The first-order valence-electron chi connectivity index (χ1n) is 14.1. The topological polar surface area (TPSA) is 162 Å². The van der Waals surface area contributed by atoms with Crippen molar-refractivity contribution in [3.63, 3.8) is 0 Å². The van der Waals surface area contributed by atoms with Crippen LogP contribution in [-0.4, -0.2) is 42.2 Å². The highest BCUT2D eigenvalue weighted by atomic mass is 32.2. The summed E-state index contributed by atoms with van der Waals surface area (Å²) in [5, 5.41) is 9.24. The van der Waals surface area contributed by atoms with E-state index in [9.17, 15) is 18.0 Å². The number of amides is 2. The van der Waals surface area contributed by atoms with Crippen molar-refractivity contribution in [1.82, 2.24) is 19.9 Å². The van der Waals surface area contributed by atoms with Crippen LogP contribution in [-0.2, 0) is 21.2 Å². The molecule has 2 heterocycles. The van der Waals surface area contributed by atoms with Crippen molar-refractivity contribution in [1.29, 1.82) is 0 Å². The monoisotopic (exact) mass is 619 g/mol. The molecule has 0 radical (unpaired) electrons. The van der Waals surface area contributed by atoms with Gasteiger partial charge < -0.3 is 14.2 Å². The second-order valence-corrected chi connectivity index (χ2v) is 12.3.